The number of carbonyl (C=O) groups is 2. The molecule has 1 aliphatic heterocycles. The van der Waals surface area contributed by atoms with Crippen molar-refractivity contribution < 1.29 is 9.59 Å². The van der Waals surface area contributed by atoms with E-state index in [1.165, 1.54) is 0 Å². The van der Waals surface area contributed by atoms with Crippen molar-refractivity contribution in [1.29, 1.82) is 0 Å². The van der Waals surface area contributed by atoms with Gasteiger partial charge in [0, 0.05) is 32.2 Å². The number of hydrogen-bond acceptors (Lipinski definition) is 3. The average molecular weight is 350 g/mol. The normalized spacial score (nSPS) is 29.0. The van der Waals surface area contributed by atoms with E-state index in [1.54, 1.807) is 0 Å². The van der Waals surface area contributed by atoms with E-state index in [9.17, 15) is 9.59 Å². The zero-order valence-electron chi connectivity index (χ0n) is 13.5. The molecule has 2 rings (SSSR count). The van der Waals surface area contributed by atoms with Crippen LogP contribution in [-0.4, -0.2) is 64.7 Å². The highest BCUT2D eigenvalue weighted by Gasteiger charge is 2.68. The van der Waals surface area contributed by atoms with E-state index in [-0.39, 0.29) is 17.9 Å². The minimum absolute atomic E-state index is 0.0289. The van der Waals surface area contributed by atoms with E-state index in [0.29, 0.717) is 39.1 Å². The van der Waals surface area contributed by atoms with Crippen LogP contribution < -0.4 is 5.32 Å². The summed E-state index contributed by atoms with van der Waals surface area (Å²) in [6.07, 6.45) is 1.44. The van der Waals surface area contributed by atoms with E-state index in [4.69, 9.17) is 23.2 Å². The van der Waals surface area contributed by atoms with Crippen LogP contribution in [0.25, 0.3) is 0 Å². The lowest BCUT2D eigenvalue weighted by Gasteiger charge is -2.36. The summed E-state index contributed by atoms with van der Waals surface area (Å²) in [5.41, 5.74) is -0.647. The molecule has 126 valence electrons. The minimum Gasteiger partial charge on any atom is -0.353 e. The lowest BCUT2D eigenvalue weighted by atomic mass is 10.1. The van der Waals surface area contributed by atoms with Gasteiger partial charge < -0.3 is 10.2 Å². The molecule has 2 amide bonds. The van der Waals surface area contributed by atoms with Gasteiger partial charge in [0.1, 0.15) is 4.33 Å². The van der Waals surface area contributed by atoms with Gasteiger partial charge in [-0.2, -0.15) is 0 Å². The molecule has 22 heavy (non-hydrogen) atoms. The molecule has 1 saturated carbocycles. The molecule has 0 aromatic rings. The van der Waals surface area contributed by atoms with Crippen molar-refractivity contribution in [3.05, 3.63) is 0 Å². The van der Waals surface area contributed by atoms with Gasteiger partial charge in [-0.1, -0.05) is 6.92 Å². The maximum Gasteiger partial charge on any atom is 0.234 e. The summed E-state index contributed by atoms with van der Waals surface area (Å²) in [5, 5.41) is 2.96. The highest BCUT2D eigenvalue weighted by molar-refractivity contribution is 6.53. The number of amides is 2. The highest BCUT2D eigenvalue weighted by atomic mass is 35.5. The van der Waals surface area contributed by atoms with E-state index in [2.05, 4.69) is 10.2 Å². The Morgan fingerprint density at radius 2 is 1.77 bits per heavy atom. The van der Waals surface area contributed by atoms with Crippen LogP contribution >= 0.6 is 23.2 Å². The monoisotopic (exact) mass is 349 g/mol. The molecule has 1 heterocycles. The third-order valence-corrected chi connectivity index (χ3v) is 5.88. The van der Waals surface area contributed by atoms with Gasteiger partial charge in [-0.3, -0.25) is 14.5 Å². The second-order valence-corrected chi connectivity index (χ2v) is 8.14. The van der Waals surface area contributed by atoms with Crippen molar-refractivity contribution in [2.24, 2.45) is 5.41 Å². The molecule has 1 aliphatic carbocycles. The molecular formula is C15H25Cl2N3O2. The van der Waals surface area contributed by atoms with E-state index >= 15 is 0 Å². The Hall–Kier alpha value is -0.520. The predicted molar refractivity (Wildman–Crippen MR) is 88.1 cm³/mol. The quantitative estimate of drug-likeness (QED) is 0.767. The number of rotatable bonds is 5. The zero-order valence-corrected chi connectivity index (χ0v) is 15.0. The summed E-state index contributed by atoms with van der Waals surface area (Å²) in [6, 6.07) is 0.200. The van der Waals surface area contributed by atoms with Crippen molar-refractivity contribution >= 4 is 35.0 Å². The summed E-state index contributed by atoms with van der Waals surface area (Å²) in [5.74, 6) is 0.0741. The summed E-state index contributed by atoms with van der Waals surface area (Å²) in [6.45, 7) is 8.89. The molecule has 2 aliphatic rings. The van der Waals surface area contributed by atoms with E-state index in [0.717, 1.165) is 6.42 Å². The van der Waals surface area contributed by atoms with Crippen molar-refractivity contribution in [2.75, 3.05) is 32.7 Å². The van der Waals surface area contributed by atoms with Gasteiger partial charge in [0.2, 0.25) is 11.8 Å². The first-order valence-electron chi connectivity index (χ1n) is 7.88. The molecule has 0 bridgehead atoms. The number of hydrogen-bond donors (Lipinski definition) is 1. The van der Waals surface area contributed by atoms with Crippen LogP contribution in [0.2, 0.25) is 0 Å². The number of halogens is 2. The minimum atomic E-state index is -0.919. The lowest BCUT2D eigenvalue weighted by molar-refractivity contribution is -0.138. The molecule has 0 radical (unpaired) electrons. The summed E-state index contributed by atoms with van der Waals surface area (Å²) >= 11 is 12.2. The van der Waals surface area contributed by atoms with Crippen LogP contribution in [0.1, 0.15) is 33.6 Å². The van der Waals surface area contributed by atoms with Crippen LogP contribution in [0.15, 0.2) is 0 Å². The van der Waals surface area contributed by atoms with Gasteiger partial charge in [-0.15, -0.1) is 23.2 Å². The van der Waals surface area contributed by atoms with Gasteiger partial charge in [-0.25, -0.2) is 0 Å². The number of nitrogens with one attached hydrogen (secondary N) is 1. The van der Waals surface area contributed by atoms with Crippen LogP contribution in [0.4, 0.5) is 0 Å². The van der Waals surface area contributed by atoms with Crippen LogP contribution in [-0.2, 0) is 9.59 Å². The maximum absolute atomic E-state index is 12.5. The third-order valence-electron chi connectivity index (χ3n) is 4.78. The Bertz CT molecular complexity index is 450. The first-order valence-corrected chi connectivity index (χ1v) is 8.64. The SMILES string of the molecule is CCC(C)NC(=O)CN1CCN(C(=O)C2(C)CC2(Cl)Cl)CC1. The fraction of sp³-hybridized carbons (Fsp3) is 0.867. The first-order chi connectivity index (χ1) is 10.2. The molecule has 2 unspecified atom stereocenters. The summed E-state index contributed by atoms with van der Waals surface area (Å²) < 4.78 is -0.919. The van der Waals surface area contributed by atoms with Gasteiger partial charge in [-0.05, 0) is 26.7 Å². The molecule has 2 fully saturated rings. The molecule has 1 saturated heterocycles. The molecule has 5 nitrogen and oxygen atoms in total. The molecule has 0 aromatic carbocycles. The molecule has 7 heteroatoms. The average Bonchev–Trinajstić information content (AvgIpc) is 2.98. The lowest BCUT2D eigenvalue weighted by Crippen LogP contribution is -2.53. The summed E-state index contributed by atoms with van der Waals surface area (Å²) in [4.78, 5) is 28.2. The Kier molecular flexibility index (Phi) is 5.30. The van der Waals surface area contributed by atoms with Crippen LogP contribution in [0.3, 0.4) is 0 Å². The number of carbonyl (C=O) groups excluding carboxylic acids is 2. The van der Waals surface area contributed by atoms with Crippen molar-refractivity contribution in [3.8, 4) is 0 Å². The van der Waals surface area contributed by atoms with Crippen molar-refractivity contribution in [3.63, 3.8) is 0 Å². The number of alkyl halides is 2. The molecule has 0 spiro atoms. The van der Waals surface area contributed by atoms with E-state index < -0.39 is 9.75 Å². The third kappa shape index (κ3) is 3.69. The van der Waals surface area contributed by atoms with Gasteiger partial charge in [0.15, 0.2) is 0 Å². The Balaban J connectivity index is 1.77. The summed E-state index contributed by atoms with van der Waals surface area (Å²) in [7, 11) is 0. The molecule has 1 N–H and O–H groups in total. The standard InChI is InChI=1S/C15H25Cl2N3O2/c1-4-11(2)18-12(21)9-19-5-7-20(8-6-19)13(22)14(3)10-15(14,16)17/h11H,4-10H2,1-3H3,(H,18,21). The number of piperazine rings is 1. The van der Waals surface area contributed by atoms with Crippen LogP contribution in [0.5, 0.6) is 0 Å². The molecular weight excluding hydrogens is 325 g/mol. The van der Waals surface area contributed by atoms with Crippen molar-refractivity contribution in [1.82, 2.24) is 15.1 Å². The van der Waals surface area contributed by atoms with Crippen LogP contribution in [0, 0.1) is 5.41 Å². The Morgan fingerprint density at radius 1 is 1.23 bits per heavy atom. The zero-order chi connectivity index (χ0) is 16.5. The van der Waals surface area contributed by atoms with E-state index in [1.807, 2.05) is 25.7 Å². The predicted octanol–water partition coefficient (Wildman–Crippen LogP) is 1.63. The smallest absolute Gasteiger partial charge is 0.234 e. The van der Waals surface area contributed by atoms with Gasteiger partial charge in [0.05, 0.1) is 12.0 Å². The fourth-order valence-electron chi connectivity index (χ4n) is 2.72. The van der Waals surface area contributed by atoms with Gasteiger partial charge in [0.25, 0.3) is 0 Å². The Morgan fingerprint density at radius 3 is 2.23 bits per heavy atom. The topological polar surface area (TPSA) is 52.7 Å². The van der Waals surface area contributed by atoms with Gasteiger partial charge >= 0.3 is 0 Å². The fourth-order valence-corrected chi connectivity index (χ4v) is 3.41. The second-order valence-electron chi connectivity index (χ2n) is 6.66. The molecule has 2 atom stereocenters. The first kappa shape index (κ1) is 17.8. The number of nitrogens with zero attached hydrogens (tertiary/aromatic N) is 2. The van der Waals surface area contributed by atoms with Crippen molar-refractivity contribution in [2.45, 2.75) is 44.0 Å². The largest absolute Gasteiger partial charge is 0.353 e. The second kappa shape index (κ2) is 6.54. The highest BCUT2D eigenvalue weighted by Crippen LogP contribution is 2.64. The molecule has 0 aromatic heterocycles. The maximum atomic E-state index is 12.5. The Labute approximate surface area is 142 Å².